The van der Waals surface area contributed by atoms with E-state index in [-0.39, 0.29) is 36.1 Å². The predicted octanol–water partition coefficient (Wildman–Crippen LogP) is 2.30. The summed E-state index contributed by atoms with van der Waals surface area (Å²) in [6, 6.07) is 2.57. The fraction of sp³-hybridized carbons (Fsp3) is 0.154. The van der Waals surface area contributed by atoms with E-state index >= 15 is 0 Å². The summed E-state index contributed by atoms with van der Waals surface area (Å²) >= 11 is 16.8. The van der Waals surface area contributed by atoms with E-state index < -0.39 is 34.4 Å². The van der Waals surface area contributed by atoms with Gasteiger partial charge < -0.3 is 0 Å². The molecule has 134 valence electrons. The standard InChI is InChI=1S/C13H9AsCl3NO5S2/c1-2-23-12(20)10(19)9-5-24-13(18-9)14-25(21,22)11-7(16)3-6(15)4-8(11)17/h3-5,14H,2H2,1H3. The summed E-state index contributed by atoms with van der Waals surface area (Å²) in [6.07, 6.45) is 0. The average molecular weight is 505 g/mol. The fourth-order valence-corrected chi connectivity index (χ4v) is 12.7. The van der Waals surface area contributed by atoms with E-state index in [0.29, 0.717) is 0 Å². The van der Waals surface area contributed by atoms with Gasteiger partial charge in [-0.05, 0) is 0 Å². The van der Waals surface area contributed by atoms with E-state index in [4.69, 9.17) is 34.8 Å². The number of halogens is 3. The van der Waals surface area contributed by atoms with Crippen molar-refractivity contribution in [1.82, 2.24) is 4.98 Å². The van der Waals surface area contributed by atoms with E-state index in [1.165, 1.54) is 17.5 Å². The first kappa shape index (κ1) is 20.7. The molecule has 0 fully saturated rings. The van der Waals surface area contributed by atoms with Crippen molar-refractivity contribution in [2.24, 2.45) is 0 Å². The normalized spacial score (nSPS) is 11.8. The molecule has 12 heteroatoms. The van der Waals surface area contributed by atoms with Crippen LogP contribution in [-0.4, -0.2) is 46.4 Å². The molecule has 1 aromatic heterocycles. The van der Waals surface area contributed by atoms with Crippen molar-refractivity contribution in [3.63, 3.8) is 0 Å². The Morgan fingerprint density at radius 2 is 1.84 bits per heavy atom. The Morgan fingerprint density at radius 1 is 1.24 bits per heavy atom. The summed E-state index contributed by atoms with van der Waals surface area (Å²) in [5.74, 6) is -1.96. The second kappa shape index (κ2) is 8.37. The number of benzene rings is 1. The summed E-state index contributed by atoms with van der Waals surface area (Å²) in [6.45, 7) is 1.62. The Hall–Kier alpha value is -0.632. The molecule has 1 unspecified atom stereocenters. The second-order valence-corrected chi connectivity index (χ2v) is 14.5. The molecule has 1 atom stereocenters. The first-order valence-corrected chi connectivity index (χ1v) is 13.6. The molecule has 1 aromatic carbocycles. The maximum absolute atomic E-state index is 12.6. The molecular weight excluding hydrogens is 496 g/mol. The van der Waals surface area contributed by atoms with Crippen LogP contribution >= 0.6 is 46.1 Å². The van der Waals surface area contributed by atoms with Gasteiger partial charge in [-0.2, -0.15) is 0 Å². The molecule has 6 nitrogen and oxygen atoms in total. The Balaban J connectivity index is 2.29. The summed E-state index contributed by atoms with van der Waals surface area (Å²) in [5, 5.41) is 1.37. The van der Waals surface area contributed by atoms with Crippen LogP contribution < -0.4 is 3.80 Å². The number of Topliss-reactive ketones (excluding diaryl/α,β-unsaturated/α-hetero) is 1. The molecule has 0 aliphatic rings. The second-order valence-electron chi connectivity index (χ2n) is 4.39. The fourth-order valence-electron chi connectivity index (χ4n) is 1.68. The van der Waals surface area contributed by atoms with Gasteiger partial charge in [0.25, 0.3) is 0 Å². The molecular formula is C13H9AsCl3NO5S2. The number of aromatic nitrogens is 1. The minimum atomic E-state index is -3.81. The molecule has 2 aromatic rings. The Kier molecular flexibility index (Phi) is 6.93. The van der Waals surface area contributed by atoms with Gasteiger partial charge in [0.2, 0.25) is 0 Å². The third kappa shape index (κ3) is 4.96. The van der Waals surface area contributed by atoms with E-state index in [9.17, 15) is 18.0 Å². The van der Waals surface area contributed by atoms with Crippen molar-refractivity contribution in [3.8, 4) is 0 Å². The van der Waals surface area contributed by atoms with Crippen LogP contribution in [0.15, 0.2) is 22.4 Å². The summed E-state index contributed by atoms with van der Waals surface area (Å²) in [7, 11) is -3.81. The van der Waals surface area contributed by atoms with Crippen molar-refractivity contribution in [1.29, 1.82) is 0 Å². The van der Waals surface area contributed by atoms with Crippen LogP contribution in [-0.2, 0) is 17.6 Å². The van der Waals surface area contributed by atoms with Crippen LogP contribution in [0.1, 0.15) is 17.4 Å². The van der Waals surface area contributed by atoms with Crippen molar-refractivity contribution in [2.45, 2.75) is 11.8 Å². The van der Waals surface area contributed by atoms with Crippen molar-refractivity contribution in [3.05, 3.63) is 38.3 Å². The molecule has 25 heavy (non-hydrogen) atoms. The summed E-state index contributed by atoms with van der Waals surface area (Å²) < 4.78 is 30.0. The number of carbonyl (C=O) groups excluding carboxylic acids is 2. The number of thiazole rings is 1. The van der Waals surface area contributed by atoms with Crippen LogP contribution in [0.5, 0.6) is 0 Å². The number of ether oxygens (including phenoxy) is 1. The van der Waals surface area contributed by atoms with Crippen molar-refractivity contribution in [2.75, 3.05) is 6.61 Å². The molecule has 0 radical (unpaired) electrons. The first-order chi connectivity index (χ1) is 11.7. The van der Waals surface area contributed by atoms with Gasteiger partial charge in [-0.3, -0.25) is 0 Å². The Labute approximate surface area is 168 Å². The van der Waals surface area contributed by atoms with Crippen LogP contribution in [0.25, 0.3) is 0 Å². The zero-order chi connectivity index (χ0) is 18.8. The number of carbonyl (C=O) groups is 2. The monoisotopic (exact) mass is 503 g/mol. The molecule has 0 bridgehead atoms. The van der Waals surface area contributed by atoms with Gasteiger partial charge in [-0.25, -0.2) is 0 Å². The van der Waals surface area contributed by atoms with E-state index in [2.05, 4.69) is 9.72 Å². The summed E-state index contributed by atoms with van der Waals surface area (Å²) in [5.41, 5.74) is -0.147. The number of rotatable bonds is 6. The molecule has 0 amide bonds. The maximum atomic E-state index is 12.6. The molecule has 0 saturated carbocycles. The molecule has 0 saturated heterocycles. The molecule has 0 spiro atoms. The van der Waals surface area contributed by atoms with Gasteiger partial charge in [0, 0.05) is 0 Å². The Morgan fingerprint density at radius 3 is 2.40 bits per heavy atom. The van der Waals surface area contributed by atoms with Crippen molar-refractivity contribution < 1.29 is 22.7 Å². The number of ketones is 1. The third-order valence-electron chi connectivity index (χ3n) is 2.65. The van der Waals surface area contributed by atoms with Crippen LogP contribution in [0.3, 0.4) is 0 Å². The van der Waals surface area contributed by atoms with Gasteiger partial charge in [-0.1, -0.05) is 0 Å². The van der Waals surface area contributed by atoms with Gasteiger partial charge in [0.05, 0.1) is 0 Å². The van der Waals surface area contributed by atoms with Gasteiger partial charge >= 0.3 is 169 Å². The topological polar surface area (TPSA) is 90.4 Å². The number of nitrogens with zero attached hydrogens (tertiary/aromatic N) is 1. The minimum absolute atomic E-state index is 0.0530. The zero-order valence-corrected chi connectivity index (χ0v) is 18.4. The quantitative estimate of drug-likeness (QED) is 0.260. The van der Waals surface area contributed by atoms with Crippen LogP contribution in [0, 0.1) is 0 Å². The number of hydrogen-bond acceptors (Lipinski definition) is 7. The van der Waals surface area contributed by atoms with Crippen LogP contribution in [0.4, 0.5) is 0 Å². The Bertz CT molecular complexity index is 922. The van der Waals surface area contributed by atoms with Crippen LogP contribution in [0.2, 0.25) is 15.1 Å². The first-order valence-electron chi connectivity index (χ1n) is 6.50. The molecule has 0 N–H and O–H groups in total. The SMILES string of the molecule is CCOC(=O)C(=O)c1csc([AsH]S(=O)(=O)c2c(Cl)cc(Cl)cc2Cl)n1. The number of hydrogen-bond donors (Lipinski definition) is 0. The van der Waals surface area contributed by atoms with E-state index in [0.717, 1.165) is 11.3 Å². The molecule has 0 aliphatic carbocycles. The third-order valence-corrected chi connectivity index (χ3v) is 12.1. The zero-order valence-electron chi connectivity index (χ0n) is 12.4. The molecule has 2 rings (SSSR count). The van der Waals surface area contributed by atoms with Gasteiger partial charge in [0.1, 0.15) is 0 Å². The number of esters is 1. The van der Waals surface area contributed by atoms with E-state index in [1.807, 2.05) is 0 Å². The van der Waals surface area contributed by atoms with Gasteiger partial charge in [0.15, 0.2) is 0 Å². The summed E-state index contributed by atoms with van der Waals surface area (Å²) in [4.78, 5) is 26.9. The average Bonchev–Trinajstić information content (AvgIpc) is 2.92. The van der Waals surface area contributed by atoms with Crippen molar-refractivity contribution >= 4 is 84.4 Å². The molecule has 0 aliphatic heterocycles. The molecule has 1 heterocycles. The van der Waals surface area contributed by atoms with E-state index in [1.54, 1.807) is 6.92 Å². The van der Waals surface area contributed by atoms with Gasteiger partial charge in [-0.15, -0.1) is 0 Å². The predicted molar refractivity (Wildman–Crippen MR) is 98.5 cm³/mol.